The van der Waals surface area contributed by atoms with Gasteiger partial charge in [-0.15, -0.1) is 0 Å². The molecule has 2 aromatic carbocycles. The number of hydrogen-bond donors (Lipinski definition) is 0. The molecular formula is C28H34S. The maximum absolute atomic E-state index is 2.49. The fourth-order valence-corrected chi connectivity index (χ4v) is 5.55. The van der Waals surface area contributed by atoms with Crippen LogP contribution in [0.3, 0.4) is 0 Å². The smallest absolute Gasteiger partial charge is 0.0197 e. The molecule has 2 aliphatic carbocycles. The quantitative estimate of drug-likeness (QED) is 0.491. The molecule has 0 radical (unpaired) electrons. The van der Waals surface area contributed by atoms with Gasteiger partial charge in [-0.25, -0.2) is 0 Å². The minimum absolute atomic E-state index is 0.444. The third kappa shape index (κ3) is 4.89. The van der Waals surface area contributed by atoms with Crippen molar-refractivity contribution >= 4 is 22.9 Å². The Balaban J connectivity index is 1.64. The monoisotopic (exact) mass is 402 g/mol. The highest BCUT2D eigenvalue weighted by molar-refractivity contribution is 7.99. The molecule has 0 amide bonds. The summed E-state index contributed by atoms with van der Waals surface area (Å²) in [6.45, 7) is 9.54. The van der Waals surface area contributed by atoms with Crippen LogP contribution in [0.1, 0.15) is 77.3 Å². The minimum atomic E-state index is 0.444. The Hall–Kier alpha value is -1.73. The van der Waals surface area contributed by atoms with Gasteiger partial charge in [0.2, 0.25) is 0 Å². The number of hydrogen-bond acceptors (Lipinski definition) is 1. The summed E-state index contributed by atoms with van der Waals surface area (Å²) in [5.74, 6) is 0. The molecule has 0 unspecified atom stereocenters. The van der Waals surface area contributed by atoms with Gasteiger partial charge in [-0.2, -0.15) is 0 Å². The van der Waals surface area contributed by atoms with Crippen molar-refractivity contribution in [3.63, 3.8) is 0 Å². The molecule has 0 N–H and O–H groups in total. The van der Waals surface area contributed by atoms with Crippen LogP contribution >= 0.6 is 11.8 Å². The van der Waals surface area contributed by atoms with Crippen LogP contribution in [0.2, 0.25) is 0 Å². The normalized spacial score (nSPS) is 20.7. The van der Waals surface area contributed by atoms with Crippen LogP contribution in [-0.2, 0) is 0 Å². The summed E-state index contributed by atoms with van der Waals surface area (Å²) >= 11 is 1.95. The van der Waals surface area contributed by atoms with Crippen molar-refractivity contribution in [1.82, 2.24) is 0 Å². The fourth-order valence-electron chi connectivity index (χ4n) is 4.40. The molecule has 0 saturated heterocycles. The summed E-state index contributed by atoms with van der Waals surface area (Å²) in [5, 5.41) is 0. The summed E-state index contributed by atoms with van der Waals surface area (Å²) in [6.07, 6.45) is 12.3. The molecule has 0 aliphatic heterocycles. The maximum atomic E-state index is 2.49. The van der Waals surface area contributed by atoms with Gasteiger partial charge in [0.15, 0.2) is 0 Å². The lowest BCUT2D eigenvalue weighted by Crippen LogP contribution is -2.14. The molecule has 2 aliphatic rings. The van der Waals surface area contributed by atoms with Gasteiger partial charge in [-0.05, 0) is 83.8 Å². The predicted octanol–water partition coefficient (Wildman–Crippen LogP) is 9.02. The molecular weight excluding hydrogens is 368 g/mol. The number of rotatable bonds is 4. The molecule has 0 nitrogen and oxygen atoms in total. The van der Waals surface area contributed by atoms with E-state index < -0.39 is 0 Å². The van der Waals surface area contributed by atoms with Crippen LogP contribution in [0.25, 0.3) is 11.1 Å². The molecule has 29 heavy (non-hydrogen) atoms. The fraction of sp³-hybridized carbons (Fsp3) is 0.429. The van der Waals surface area contributed by atoms with E-state index in [0.29, 0.717) is 10.8 Å². The maximum Gasteiger partial charge on any atom is 0.0197 e. The third-order valence-electron chi connectivity index (χ3n) is 6.63. The largest absolute Gasteiger partial charge is 0.0888 e. The highest BCUT2D eigenvalue weighted by Crippen LogP contribution is 2.45. The Kier molecular flexibility index (Phi) is 5.80. The van der Waals surface area contributed by atoms with Crippen LogP contribution < -0.4 is 0 Å². The van der Waals surface area contributed by atoms with Crippen molar-refractivity contribution in [3.05, 3.63) is 71.8 Å². The Morgan fingerprint density at radius 3 is 1.41 bits per heavy atom. The van der Waals surface area contributed by atoms with E-state index in [1.165, 1.54) is 70.6 Å². The summed E-state index contributed by atoms with van der Waals surface area (Å²) < 4.78 is 0. The summed E-state index contributed by atoms with van der Waals surface area (Å²) in [7, 11) is 0. The molecule has 0 bridgehead atoms. The van der Waals surface area contributed by atoms with E-state index in [4.69, 9.17) is 0 Å². The predicted molar refractivity (Wildman–Crippen MR) is 128 cm³/mol. The van der Waals surface area contributed by atoms with E-state index in [9.17, 15) is 0 Å². The highest BCUT2D eigenvalue weighted by Gasteiger charge is 2.24. The molecule has 0 spiro atoms. The van der Waals surface area contributed by atoms with Gasteiger partial charge >= 0.3 is 0 Å². The Morgan fingerprint density at radius 2 is 1.03 bits per heavy atom. The zero-order valence-electron chi connectivity index (χ0n) is 18.4. The van der Waals surface area contributed by atoms with Crippen molar-refractivity contribution in [2.24, 2.45) is 10.8 Å². The van der Waals surface area contributed by atoms with Gasteiger partial charge in [-0.1, -0.05) is 88.0 Å². The van der Waals surface area contributed by atoms with Crippen LogP contribution in [0.4, 0.5) is 0 Å². The van der Waals surface area contributed by atoms with Gasteiger partial charge in [-0.3, -0.25) is 0 Å². The van der Waals surface area contributed by atoms with Gasteiger partial charge in [0, 0.05) is 9.79 Å². The van der Waals surface area contributed by atoms with Gasteiger partial charge in [0.25, 0.3) is 0 Å². The SMILES string of the molecule is CC1(C)CC=C(c2ccccc2Sc2ccccc2C2=CCC(C)(C)CC2)CC1. The number of allylic oxidation sites excluding steroid dienone is 4. The van der Waals surface area contributed by atoms with Crippen molar-refractivity contribution in [2.75, 3.05) is 0 Å². The van der Waals surface area contributed by atoms with Crippen molar-refractivity contribution in [3.8, 4) is 0 Å². The molecule has 4 rings (SSSR count). The summed E-state index contributed by atoms with van der Waals surface area (Å²) in [6, 6.07) is 18.0. The molecule has 0 heterocycles. The van der Waals surface area contributed by atoms with E-state index in [1.807, 2.05) is 11.8 Å². The third-order valence-corrected chi connectivity index (χ3v) is 7.78. The van der Waals surface area contributed by atoms with E-state index in [1.54, 1.807) is 0 Å². The highest BCUT2D eigenvalue weighted by atomic mass is 32.2. The van der Waals surface area contributed by atoms with Crippen LogP contribution in [0, 0.1) is 10.8 Å². The molecule has 0 fully saturated rings. The van der Waals surface area contributed by atoms with E-state index in [2.05, 4.69) is 88.4 Å². The zero-order chi connectivity index (χ0) is 20.5. The van der Waals surface area contributed by atoms with E-state index in [-0.39, 0.29) is 0 Å². The Bertz CT molecular complexity index is 865. The topological polar surface area (TPSA) is 0 Å². The molecule has 0 aromatic heterocycles. The van der Waals surface area contributed by atoms with Gasteiger partial charge in [0.1, 0.15) is 0 Å². The Morgan fingerprint density at radius 1 is 0.621 bits per heavy atom. The first kappa shape index (κ1) is 20.5. The van der Waals surface area contributed by atoms with Crippen molar-refractivity contribution in [1.29, 1.82) is 0 Å². The first-order chi connectivity index (χ1) is 13.8. The lowest BCUT2D eigenvalue weighted by atomic mass is 9.77. The van der Waals surface area contributed by atoms with E-state index in [0.717, 1.165) is 0 Å². The van der Waals surface area contributed by atoms with Crippen LogP contribution in [-0.4, -0.2) is 0 Å². The van der Waals surface area contributed by atoms with Crippen molar-refractivity contribution in [2.45, 2.75) is 76.0 Å². The lowest BCUT2D eigenvalue weighted by molar-refractivity contribution is 0.334. The van der Waals surface area contributed by atoms with Crippen LogP contribution in [0.5, 0.6) is 0 Å². The van der Waals surface area contributed by atoms with Gasteiger partial charge < -0.3 is 0 Å². The lowest BCUT2D eigenvalue weighted by Gasteiger charge is -2.30. The van der Waals surface area contributed by atoms with Crippen LogP contribution in [0.15, 0.2) is 70.5 Å². The second kappa shape index (κ2) is 8.19. The first-order valence-electron chi connectivity index (χ1n) is 11.1. The second-order valence-electron chi connectivity index (χ2n) is 10.3. The standard InChI is InChI=1S/C28H34S/c1-27(2)17-13-21(14-18-27)23-9-5-7-11-25(23)29-26-12-8-6-10-24(26)22-15-19-28(3,4)20-16-22/h5-13,15H,14,16-20H2,1-4H3. The average Bonchev–Trinajstić information content (AvgIpc) is 2.69. The summed E-state index contributed by atoms with van der Waals surface area (Å²) in [4.78, 5) is 2.78. The second-order valence-corrected chi connectivity index (χ2v) is 11.4. The first-order valence-corrected chi connectivity index (χ1v) is 11.9. The summed E-state index contributed by atoms with van der Waals surface area (Å²) in [5.41, 5.74) is 6.81. The molecule has 1 heteroatoms. The zero-order valence-corrected chi connectivity index (χ0v) is 19.2. The molecule has 0 atom stereocenters. The molecule has 152 valence electrons. The molecule has 0 saturated carbocycles. The van der Waals surface area contributed by atoms with Crippen molar-refractivity contribution < 1.29 is 0 Å². The minimum Gasteiger partial charge on any atom is -0.0888 e. The Labute approximate surface area is 181 Å². The average molecular weight is 403 g/mol. The number of benzene rings is 2. The van der Waals surface area contributed by atoms with E-state index >= 15 is 0 Å². The van der Waals surface area contributed by atoms with Gasteiger partial charge in [0.05, 0.1) is 0 Å². The molecule has 2 aromatic rings.